The van der Waals surface area contributed by atoms with Crippen LogP contribution < -0.4 is 0 Å². The fourth-order valence-electron chi connectivity index (χ4n) is 1.43. The van der Waals surface area contributed by atoms with Gasteiger partial charge in [0.1, 0.15) is 18.3 Å². The molecule has 0 aromatic carbocycles. The Morgan fingerprint density at radius 3 is 2.44 bits per heavy atom. The SMILES string of the molecule is CC(C)COC(=O)[C@@H]1O[C@H](CO)[C@@H](O)[C@@H]1O. The van der Waals surface area contributed by atoms with E-state index in [0.717, 1.165) is 0 Å². The zero-order chi connectivity index (χ0) is 12.3. The quantitative estimate of drug-likeness (QED) is 0.521. The Balaban J connectivity index is 2.51. The highest BCUT2D eigenvalue weighted by Crippen LogP contribution is 2.22. The summed E-state index contributed by atoms with van der Waals surface area (Å²) in [5.41, 5.74) is 0. The maximum atomic E-state index is 11.5. The van der Waals surface area contributed by atoms with Gasteiger partial charge in [-0.1, -0.05) is 13.8 Å². The summed E-state index contributed by atoms with van der Waals surface area (Å²) < 4.78 is 9.89. The first kappa shape index (κ1) is 13.4. The Hall–Kier alpha value is -0.690. The van der Waals surface area contributed by atoms with Gasteiger partial charge in [-0.3, -0.25) is 0 Å². The third kappa shape index (κ3) is 2.91. The lowest BCUT2D eigenvalue weighted by atomic mass is 10.1. The number of carbonyl (C=O) groups is 1. The van der Waals surface area contributed by atoms with Gasteiger partial charge in [0.15, 0.2) is 6.10 Å². The Bertz CT molecular complexity index is 241. The summed E-state index contributed by atoms with van der Waals surface area (Å²) in [6.07, 6.45) is -4.77. The standard InChI is InChI=1S/C10H18O6/c1-5(2)4-15-10(14)9-8(13)7(12)6(3-11)16-9/h5-9,11-13H,3-4H2,1-2H3/t6-,7-,8+,9-/m1/s1. The average molecular weight is 234 g/mol. The van der Waals surface area contributed by atoms with Crippen molar-refractivity contribution in [2.24, 2.45) is 5.92 Å². The van der Waals surface area contributed by atoms with Crippen LogP contribution in [0.1, 0.15) is 13.8 Å². The minimum absolute atomic E-state index is 0.182. The molecule has 1 aliphatic heterocycles. The van der Waals surface area contributed by atoms with Crippen LogP contribution in [-0.2, 0) is 14.3 Å². The molecule has 3 N–H and O–H groups in total. The second-order valence-corrected chi connectivity index (χ2v) is 4.28. The third-order valence-corrected chi connectivity index (χ3v) is 2.33. The third-order valence-electron chi connectivity index (χ3n) is 2.33. The van der Waals surface area contributed by atoms with Crippen LogP contribution in [0, 0.1) is 5.92 Å². The molecule has 0 aromatic rings. The Labute approximate surface area is 93.8 Å². The fraction of sp³-hybridized carbons (Fsp3) is 0.900. The fourth-order valence-corrected chi connectivity index (χ4v) is 1.43. The first-order chi connectivity index (χ1) is 7.47. The van der Waals surface area contributed by atoms with Crippen molar-refractivity contribution in [2.45, 2.75) is 38.3 Å². The van der Waals surface area contributed by atoms with E-state index in [1.165, 1.54) is 0 Å². The van der Waals surface area contributed by atoms with Gasteiger partial charge in [-0.25, -0.2) is 4.79 Å². The van der Waals surface area contributed by atoms with Gasteiger partial charge in [0.2, 0.25) is 0 Å². The van der Waals surface area contributed by atoms with Gasteiger partial charge >= 0.3 is 5.97 Å². The summed E-state index contributed by atoms with van der Waals surface area (Å²) in [5.74, 6) is -0.530. The monoisotopic (exact) mass is 234 g/mol. The van der Waals surface area contributed by atoms with Gasteiger partial charge in [-0.15, -0.1) is 0 Å². The van der Waals surface area contributed by atoms with Crippen LogP contribution >= 0.6 is 0 Å². The Morgan fingerprint density at radius 2 is 2.00 bits per heavy atom. The minimum atomic E-state index is -1.35. The Morgan fingerprint density at radius 1 is 1.38 bits per heavy atom. The molecule has 16 heavy (non-hydrogen) atoms. The molecule has 1 heterocycles. The molecule has 0 radical (unpaired) electrons. The molecule has 1 rings (SSSR count). The van der Waals surface area contributed by atoms with Crippen LogP contribution in [0.5, 0.6) is 0 Å². The number of aliphatic hydroxyl groups excluding tert-OH is 3. The van der Waals surface area contributed by atoms with Gasteiger partial charge in [0, 0.05) is 0 Å². The summed E-state index contributed by atoms with van der Waals surface area (Å²) in [7, 11) is 0. The van der Waals surface area contributed by atoms with E-state index in [2.05, 4.69) is 0 Å². The first-order valence-electron chi connectivity index (χ1n) is 5.26. The molecular formula is C10H18O6. The van der Waals surface area contributed by atoms with Crippen molar-refractivity contribution in [3.05, 3.63) is 0 Å². The number of rotatable bonds is 4. The van der Waals surface area contributed by atoms with E-state index in [0.29, 0.717) is 0 Å². The largest absolute Gasteiger partial charge is 0.463 e. The van der Waals surface area contributed by atoms with E-state index < -0.39 is 37.0 Å². The van der Waals surface area contributed by atoms with E-state index in [9.17, 15) is 15.0 Å². The molecule has 0 bridgehead atoms. The molecule has 0 unspecified atom stereocenters. The first-order valence-corrected chi connectivity index (χ1v) is 5.26. The molecule has 6 heteroatoms. The Kier molecular flexibility index (Phi) is 4.67. The predicted octanol–water partition coefficient (Wildman–Crippen LogP) is -1.33. The molecule has 6 nitrogen and oxygen atoms in total. The van der Waals surface area contributed by atoms with Gasteiger partial charge in [0.05, 0.1) is 13.2 Å². The van der Waals surface area contributed by atoms with Crippen LogP contribution in [0.2, 0.25) is 0 Å². The molecule has 0 saturated carbocycles. The van der Waals surface area contributed by atoms with E-state index in [1.807, 2.05) is 13.8 Å². The molecule has 0 spiro atoms. The van der Waals surface area contributed by atoms with Crippen LogP contribution in [0.25, 0.3) is 0 Å². The van der Waals surface area contributed by atoms with Crippen LogP contribution in [0.4, 0.5) is 0 Å². The van der Waals surface area contributed by atoms with E-state index >= 15 is 0 Å². The molecule has 0 aliphatic carbocycles. The summed E-state index contributed by atoms with van der Waals surface area (Å²) in [6.45, 7) is 3.53. The lowest BCUT2D eigenvalue weighted by molar-refractivity contribution is -0.161. The zero-order valence-electron chi connectivity index (χ0n) is 9.37. The second-order valence-electron chi connectivity index (χ2n) is 4.28. The second kappa shape index (κ2) is 5.58. The van der Waals surface area contributed by atoms with Crippen molar-refractivity contribution in [3.8, 4) is 0 Å². The van der Waals surface area contributed by atoms with Gasteiger partial charge in [0.25, 0.3) is 0 Å². The minimum Gasteiger partial charge on any atom is -0.463 e. The molecule has 94 valence electrons. The maximum Gasteiger partial charge on any atom is 0.338 e. The molecule has 1 fully saturated rings. The lowest BCUT2D eigenvalue weighted by Gasteiger charge is -2.14. The normalized spacial score (nSPS) is 34.4. The molecular weight excluding hydrogens is 216 g/mol. The highest BCUT2D eigenvalue weighted by molar-refractivity contribution is 5.76. The van der Waals surface area contributed by atoms with Crippen molar-refractivity contribution in [1.29, 1.82) is 0 Å². The predicted molar refractivity (Wildman–Crippen MR) is 53.6 cm³/mol. The summed E-state index contributed by atoms with van der Waals surface area (Å²) >= 11 is 0. The summed E-state index contributed by atoms with van der Waals surface area (Å²) in [4.78, 5) is 11.5. The molecule has 0 amide bonds. The summed E-state index contributed by atoms with van der Waals surface area (Å²) in [5, 5.41) is 27.7. The van der Waals surface area contributed by atoms with Crippen LogP contribution in [0.15, 0.2) is 0 Å². The van der Waals surface area contributed by atoms with Crippen molar-refractivity contribution < 1.29 is 29.6 Å². The molecule has 1 saturated heterocycles. The topological polar surface area (TPSA) is 96.2 Å². The van der Waals surface area contributed by atoms with Crippen molar-refractivity contribution in [1.82, 2.24) is 0 Å². The highest BCUT2D eigenvalue weighted by Gasteiger charge is 2.46. The van der Waals surface area contributed by atoms with Crippen LogP contribution in [0.3, 0.4) is 0 Å². The van der Waals surface area contributed by atoms with E-state index in [4.69, 9.17) is 14.6 Å². The maximum absolute atomic E-state index is 11.5. The summed E-state index contributed by atoms with van der Waals surface area (Å²) in [6, 6.07) is 0. The van der Waals surface area contributed by atoms with Crippen molar-refractivity contribution >= 4 is 5.97 Å². The molecule has 0 aromatic heterocycles. The van der Waals surface area contributed by atoms with Gasteiger partial charge in [-0.05, 0) is 5.92 Å². The number of ether oxygens (including phenoxy) is 2. The van der Waals surface area contributed by atoms with E-state index in [-0.39, 0.29) is 12.5 Å². The van der Waals surface area contributed by atoms with Gasteiger partial charge in [-0.2, -0.15) is 0 Å². The lowest BCUT2D eigenvalue weighted by Crippen LogP contribution is -2.38. The number of carbonyl (C=O) groups excluding carboxylic acids is 1. The number of hydrogen-bond acceptors (Lipinski definition) is 6. The number of esters is 1. The van der Waals surface area contributed by atoms with Crippen LogP contribution in [-0.4, -0.2) is 58.9 Å². The molecule has 1 aliphatic rings. The zero-order valence-corrected chi connectivity index (χ0v) is 9.37. The smallest absolute Gasteiger partial charge is 0.338 e. The average Bonchev–Trinajstić information content (AvgIpc) is 2.52. The number of hydrogen-bond donors (Lipinski definition) is 3. The highest BCUT2D eigenvalue weighted by atomic mass is 16.6. The van der Waals surface area contributed by atoms with Gasteiger partial charge < -0.3 is 24.8 Å². The molecule has 4 atom stereocenters. The number of aliphatic hydroxyl groups is 3. The van der Waals surface area contributed by atoms with E-state index in [1.54, 1.807) is 0 Å². The van der Waals surface area contributed by atoms with Crippen molar-refractivity contribution in [3.63, 3.8) is 0 Å². The van der Waals surface area contributed by atoms with Crippen molar-refractivity contribution in [2.75, 3.05) is 13.2 Å².